The van der Waals surface area contributed by atoms with Crippen molar-refractivity contribution in [3.8, 4) is 11.3 Å². The molecule has 0 spiro atoms. The number of nitrogens with zero attached hydrogens (tertiary/aromatic N) is 3. The van der Waals surface area contributed by atoms with E-state index in [0.29, 0.717) is 11.6 Å². The highest BCUT2D eigenvalue weighted by Gasteiger charge is 2.18. The van der Waals surface area contributed by atoms with Crippen molar-refractivity contribution >= 4 is 5.82 Å². The summed E-state index contributed by atoms with van der Waals surface area (Å²) >= 11 is 0. The fourth-order valence-corrected chi connectivity index (χ4v) is 2.31. The first-order chi connectivity index (χ1) is 9.22. The Balaban J connectivity index is 1.80. The molecule has 0 unspecified atom stereocenters. The van der Waals surface area contributed by atoms with Gasteiger partial charge in [0.15, 0.2) is 5.82 Å². The normalized spacial score (nSPS) is 16.8. The van der Waals surface area contributed by atoms with E-state index in [1.54, 1.807) is 6.20 Å². The zero-order valence-electron chi connectivity index (χ0n) is 10.5. The molecule has 6 heteroatoms. The number of hydrogen-bond acceptors (Lipinski definition) is 4. The molecule has 0 bridgehead atoms. The van der Waals surface area contributed by atoms with E-state index < -0.39 is 0 Å². The molecular weight excluding hydrogens is 245 g/mol. The molecule has 0 saturated carbocycles. The molecular formula is C13H16FN5. The van der Waals surface area contributed by atoms with Crippen LogP contribution in [-0.4, -0.2) is 34.3 Å². The predicted molar refractivity (Wildman–Crippen MR) is 71.2 cm³/mol. The summed E-state index contributed by atoms with van der Waals surface area (Å²) in [5, 5.41) is 7.21. The number of hydrogen-bond donors (Lipinski definition) is 2. The summed E-state index contributed by atoms with van der Waals surface area (Å²) in [7, 11) is 0. The molecule has 0 aromatic carbocycles. The van der Waals surface area contributed by atoms with E-state index >= 15 is 0 Å². The molecule has 1 fully saturated rings. The van der Waals surface area contributed by atoms with Crippen molar-refractivity contribution < 1.29 is 4.39 Å². The van der Waals surface area contributed by atoms with Gasteiger partial charge in [0.2, 0.25) is 0 Å². The number of anilines is 1. The average molecular weight is 261 g/mol. The zero-order chi connectivity index (χ0) is 13.2. The van der Waals surface area contributed by atoms with Gasteiger partial charge in [-0.05, 0) is 18.9 Å². The Morgan fingerprint density at radius 1 is 1.26 bits per heavy atom. The van der Waals surface area contributed by atoms with Gasteiger partial charge in [-0.1, -0.05) is 0 Å². The Bertz CT molecular complexity index is 560. The van der Waals surface area contributed by atoms with Crippen LogP contribution in [0.25, 0.3) is 11.3 Å². The third kappa shape index (κ3) is 2.58. The predicted octanol–water partition coefficient (Wildman–Crippen LogP) is 1.54. The molecule has 1 saturated heterocycles. The Morgan fingerprint density at radius 2 is 2.05 bits per heavy atom. The average Bonchev–Trinajstić information content (AvgIpc) is 2.89. The van der Waals surface area contributed by atoms with Crippen LogP contribution in [0.1, 0.15) is 12.8 Å². The highest BCUT2D eigenvalue weighted by atomic mass is 19.1. The van der Waals surface area contributed by atoms with Crippen molar-refractivity contribution in [3.05, 3.63) is 30.3 Å². The van der Waals surface area contributed by atoms with Crippen LogP contribution >= 0.6 is 0 Å². The third-order valence-corrected chi connectivity index (χ3v) is 3.44. The van der Waals surface area contributed by atoms with Crippen LogP contribution in [0.4, 0.5) is 10.2 Å². The molecule has 0 atom stereocenters. The minimum Gasteiger partial charge on any atom is -0.355 e. The topological polar surface area (TPSA) is 70.8 Å². The van der Waals surface area contributed by atoms with Gasteiger partial charge in [0.25, 0.3) is 0 Å². The summed E-state index contributed by atoms with van der Waals surface area (Å²) in [5.74, 6) is 0.531. The Hall–Kier alpha value is -1.95. The second-order valence-electron chi connectivity index (χ2n) is 4.86. The number of rotatable bonds is 2. The highest BCUT2D eigenvalue weighted by Crippen LogP contribution is 2.23. The van der Waals surface area contributed by atoms with Gasteiger partial charge in [-0.2, -0.15) is 5.10 Å². The molecule has 0 aliphatic carbocycles. The van der Waals surface area contributed by atoms with Crippen molar-refractivity contribution in [3.63, 3.8) is 0 Å². The number of pyridine rings is 1. The summed E-state index contributed by atoms with van der Waals surface area (Å²) < 4.78 is 13.1. The third-order valence-electron chi connectivity index (χ3n) is 3.44. The van der Waals surface area contributed by atoms with E-state index in [9.17, 15) is 4.39 Å². The van der Waals surface area contributed by atoms with E-state index in [1.165, 1.54) is 12.3 Å². The van der Waals surface area contributed by atoms with Gasteiger partial charge >= 0.3 is 0 Å². The monoisotopic (exact) mass is 261 g/mol. The van der Waals surface area contributed by atoms with Crippen LogP contribution in [0.15, 0.2) is 24.5 Å². The number of aromatic amines is 1. The molecule has 19 heavy (non-hydrogen) atoms. The fraction of sp³-hybridized carbons (Fsp3) is 0.385. The van der Waals surface area contributed by atoms with Crippen molar-refractivity contribution in [2.24, 2.45) is 5.73 Å². The zero-order valence-corrected chi connectivity index (χ0v) is 10.5. The fourth-order valence-electron chi connectivity index (χ4n) is 2.31. The summed E-state index contributed by atoms with van der Waals surface area (Å²) in [6, 6.07) is 3.66. The number of H-pyrrole nitrogens is 1. The first-order valence-corrected chi connectivity index (χ1v) is 6.39. The van der Waals surface area contributed by atoms with Crippen molar-refractivity contribution in [2.45, 2.75) is 18.9 Å². The van der Waals surface area contributed by atoms with E-state index in [-0.39, 0.29) is 5.82 Å². The minimum absolute atomic E-state index is 0.294. The van der Waals surface area contributed by atoms with Crippen LogP contribution < -0.4 is 10.6 Å². The molecule has 1 aliphatic heterocycles. The van der Waals surface area contributed by atoms with Crippen LogP contribution in [0.3, 0.4) is 0 Å². The molecule has 3 N–H and O–H groups in total. The molecule has 3 heterocycles. The largest absolute Gasteiger partial charge is 0.355 e. The molecule has 3 rings (SSSR count). The first kappa shape index (κ1) is 12.1. The van der Waals surface area contributed by atoms with Crippen molar-refractivity contribution in [1.82, 2.24) is 15.2 Å². The van der Waals surface area contributed by atoms with Gasteiger partial charge in [0, 0.05) is 37.0 Å². The second-order valence-corrected chi connectivity index (χ2v) is 4.86. The maximum absolute atomic E-state index is 13.1. The van der Waals surface area contributed by atoms with E-state index in [2.05, 4.69) is 20.1 Å². The maximum atomic E-state index is 13.1. The lowest BCUT2D eigenvalue weighted by Crippen LogP contribution is -2.39. The maximum Gasteiger partial charge on any atom is 0.150 e. The standard InChI is InChI=1S/C13H16FN5/c14-10-5-9(7-16-8-10)12-6-13(18-17-12)19-3-1-11(15)2-4-19/h5-8,11H,1-4,15H2,(H,17,18). The van der Waals surface area contributed by atoms with Gasteiger partial charge in [-0.25, -0.2) is 4.39 Å². The molecule has 100 valence electrons. The van der Waals surface area contributed by atoms with E-state index in [0.717, 1.165) is 37.4 Å². The van der Waals surface area contributed by atoms with Crippen molar-refractivity contribution in [2.75, 3.05) is 18.0 Å². The van der Waals surface area contributed by atoms with Gasteiger partial charge in [-0.3, -0.25) is 10.1 Å². The van der Waals surface area contributed by atoms with Crippen LogP contribution in [0.5, 0.6) is 0 Å². The van der Waals surface area contributed by atoms with Gasteiger partial charge in [0.05, 0.1) is 11.9 Å². The van der Waals surface area contributed by atoms with Crippen molar-refractivity contribution in [1.29, 1.82) is 0 Å². The Kier molecular flexibility index (Phi) is 3.16. The lowest BCUT2D eigenvalue weighted by molar-refractivity contribution is 0.498. The number of aromatic nitrogens is 3. The first-order valence-electron chi connectivity index (χ1n) is 6.39. The van der Waals surface area contributed by atoms with E-state index in [1.807, 2.05) is 6.07 Å². The number of halogens is 1. The summed E-state index contributed by atoms with van der Waals surface area (Å²) in [6.45, 7) is 1.82. The molecule has 5 nitrogen and oxygen atoms in total. The van der Waals surface area contributed by atoms with Crippen LogP contribution in [0, 0.1) is 5.82 Å². The van der Waals surface area contributed by atoms with Gasteiger partial charge in [-0.15, -0.1) is 0 Å². The van der Waals surface area contributed by atoms with Gasteiger partial charge in [0.1, 0.15) is 5.82 Å². The SMILES string of the molecule is NC1CCN(c2cc(-c3cncc(F)c3)[nH]n2)CC1. The number of nitrogens with one attached hydrogen (secondary N) is 1. The Morgan fingerprint density at radius 3 is 2.79 bits per heavy atom. The minimum atomic E-state index is -0.349. The highest BCUT2D eigenvalue weighted by molar-refractivity contribution is 5.62. The lowest BCUT2D eigenvalue weighted by Gasteiger charge is -2.29. The summed E-state index contributed by atoms with van der Waals surface area (Å²) in [5.41, 5.74) is 7.36. The number of nitrogens with two attached hydrogens (primary N) is 1. The van der Waals surface area contributed by atoms with E-state index in [4.69, 9.17) is 5.73 Å². The molecule has 2 aromatic heterocycles. The quantitative estimate of drug-likeness (QED) is 0.860. The molecule has 1 aliphatic rings. The lowest BCUT2D eigenvalue weighted by atomic mass is 10.1. The van der Waals surface area contributed by atoms with Crippen LogP contribution in [0.2, 0.25) is 0 Å². The summed E-state index contributed by atoms with van der Waals surface area (Å²) in [6.07, 6.45) is 4.76. The second kappa shape index (κ2) is 4.97. The summed E-state index contributed by atoms with van der Waals surface area (Å²) in [4.78, 5) is 6.03. The molecule has 0 amide bonds. The smallest absolute Gasteiger partial charge is 0.150 e. The Labute approximate surface area is 110 Å². The molecule has 2 aromatic rings. The van der Waals surface area contributed by atoms with Crippen LogP contribution in [-0.2, 0) is 0 Å². The van der Waals surface area contributed by atoms with Gasteiger partial charge < -0.3 is 10.6 Å². The number of piperidine rings is 1. The molecule has 0 radical (unpaired) electrons.